The zero-order chi connectivity index (χ0) is 17.3. The Hall–Kier alpha value is -1.39. The van der Waals surface area contributed by atoms with Crippen LogP contribution in [0.5, 0.6) is 0 Å². The van der Waals surface area contributed by atoms with Gasteiger partial charge >= 0.3 is 12.1 Å². The third-order valence-corrected chi connectivity index (χ3v) is 5.03. The summed E-state index contributed by atoms with van der Waals surface area (Å²) in [5, 5.41) is 9.67. The maximum absolute atomic E-state index is 12.0. The normalized spacial score (nSPS) is 23.2. The third-order valence-electron chi connectivity index (χ3n) is 5.03. The molecule has 0 aromatic rings. The molecular formula is C18H29NO4. The minimum Gasteiger partial charge on any atom is -0.477 e. The molecule has 0 unspecified atom stereocenters. The second-order valence-electron chi connectivity index (χ2n) is 8.31. The van der Waals surface area contributed by atoms with E-state index in [-0.39, 0.29) is 17.0 Å². The van der Waals surface area contributed by atoms with E-state index in [1.807, 2.05) is 0 Å². The molecule has 2 fully saturated rings. The molecular weight excluding hydrogens is 294 g/mol. The Kier molecular flexibility index (Phi) is 5.17. The summed E-state index contributed by atoms with van der Waals surface area (Å²) in [5.41, 5.74) is -0.693. The monoisotopic (exact) mass is 323 g/mol. The summed E-state index contributed by atoms with van der Waals surface area (Å²) in [6, 6.07) is 0. The average molecular weight is 323 g/mol. The summed E-state index contributed by atoms with van der Waals surface area (Å²) in [6.45, 7) is 7.38. The van der Waals surface area contributed by atoms with Crippen LogP contribution in [0.4, 0.5) is 4.79 Å². The smallest absolute Gasteiger partial charge is 0.434 e. The molecule has 2 aliphatic rings. The first kappa shape index (κ1) is 18.0. The fourth-order valence-electron chi connectivity index (χ4n) is 3.73. The largest absolute Gasteiger partial charge is 0.477 e. The van der Waals surface area contributed by atoms with Crippen molar-refractivity contribution in [1.82, 2.24) is 0 Å². The van der Waals surface area contributed by atoms with Crippen LogP contribution in [0.1, 0.15) is 72.6 Å². The Morgan fingerprint density at radius 3 is 2.17 bits per heavy atom. The molecule has 0 heterocycles. The summed E-state index contributed by atoms with van der Waals surface area (Å²) >= 11 is 0. The molecule has 2 rings (SSSR count). The van der Waals surface area contributed by atoms with Crippen LogP contribution in [0.2, 0.25) is 0 Å². The first-order valence-corrected chi connectivity index (χ1v) is 8.67. The highest BCUT2D eigenvalue weighted by Crippen LogP contribution is 2.56. The lowest BCUT2D eigenvalue weighted by Crippen LogP contribution is -2.37. The van der Waals surface area contributed by atoms with Crippen LogP contribution in [0, 0.1) is 17.3 Å². The van der Waals surface area contributed by atoms with Gasteiger partial charge in [-0.2, -0.15) is 4.99 Å². The summed E-state index contributed by atoms with van der Waals surface area (Å²) in [7, 11) is 0. The second kappa shape index (κ2) is 6.62. The van der Waals surface area contributed by atoms with Gasteiger partial charge in [0, 0.05) is 5.92 Å². The van der Waals surface area contributed by atoms with Gasteiger partial charge in [0.05, 0.1) is 0 Å². The first-order chi connectivity index (χ1) is 10.6. The number of nitrogens with zero attached hydrogens (tertiary/aromatic N) is 1. The minimum atomic E-state index is -1.08. The number of carboxylic acid groups (broad SMARTS) is 1. The average Bonchev–Trinajstić information content (AvgIpc) is 3.15. The number of aliphatic carboxylic acids is 1. The SMILES string of the molecule is CC(C)(C)OC(=O)N=C(C(=O)O)[C@@H](C1CCCCC1)C1(C)CC1. The van der Waals surface area contributed by atoms with E-state index in [2.05, 4.69) is 11.9 Å². The van der Waals surface area contributed by atoms with Crippen molar-refractivity contribution in [3.63, 3.8) is 0 Å². The van der Waals surface area contributed by atoms with Gasteiger partial charge in [0.2, 0.25) is 0 Å². The minimum absolute atomic E-state index is 0.00569. The lowest BCUT2D eigenvalue weighted by Gasteiger charge is -2.34. The van der Waals surface area contributed by atoms with E-state index in [0.29, 0.717) is 5.92 Å². The van der Waals surface area contributed by atoms with E-state index in [1.165, 1.54) is 6.42 Å². The molecule has 1 amide bonds. The van der Waals surface area contributed by atoms with Crippen molar-refractivity contribution in [1.29, 1.82) is 0 Å². The Morgan fingerprint density at radius 2 is 1.74 bits per heavy atom. The number of carbonyl (C=O) groups excluding carboxylic acids is 1. The summed E-state index contributed by atoms with van der Waals surface area (Å²) in [5.74, 6) is -0.916. The zero-order valence-electron chi connectivity index (χ0n) is 14.7. The van der Waals surface area contributed by atoms with Crippen molar-refractivity contribution in [2.75, 3.05) is 0 Å². The summed E-state index contributed by atoms with van der Waals surface area (Å²) in [4.78, 5) is 27.8. The standard InChI is InChI=1S/C18H29NO4/c1-17(2,3)23-16(22)19-14(15(20)21)13(18(4)10-11-18)12-8-6-5-7-9-12/h12-13H,5-11H2,1-4H3,(H,20,21)/t13-/m1/s1. The van der Waals surface area contributed by atoms with Crippen LogP contribution in [-0.2, 0) is 9.53 Å². The summed E-state index contributed by atoms with van der Waals surface area (Å²) < 4.78 is 5.20. The molecule has 1 atom stereocenters. The molecule has 5 heteroatoms. The number of aliphatic imine (C=N–C) groups is 1. The van der Waals surface area contributed by atoms with E-state index in [9.17, 15) is 14.7 Å². The Bertz CT molecular complexity index is 494. The molecule has 0 bridgehead atoms. The van der Waals surface area contributed by atoms with Gasteiger partial charge in [-0.15, -0.1) is 0 Å². The van der Waals surface area contributed by atoms with E-state index in [0.717, 1.165) is 38.5 Å². The molecule has 1 N–H and O–H groups in total. The van der Waals surface area contributed by atoms with Gasteiger partial charge in [-0.1, -0.05) is 26.2 Å². The molecule has 0 radical (unpaired) electrons. The maximum Gasteiger partial charge on any atom is 0.434 e. The number of ether oxygens (including phenoxy) is 1. The predicted molar refractivity (Wildman–Crippen MR) is 88.7 cm³/mol. The van der Waals surface area contributed by atoms with Gasteiger partial charge < -0.3 is 9.84 Å². The van der Waals surface area contributed by atoms with Gasteiger partial charge in [-0.25, -0.2) is 9.59 Å². The highest BCUT2D eigenvalue weighted by Gasteiger charge is 2.52. The molecule has 2 saturated carbocycles. The molecule has 0 spiro atoms. The fourth-order valence-corrected chi connectivity index (χ4v) is 3.73. The van der Waals surface area contributed by atoms with E-state index >= 15 is 0 Å². The molecule has 0 saturated heterocycles. The Morgan fingerprint density at radius 1 is 1.17 bits per heavy atom. The first-order valence-electron chi connectivity index (χ1n) is 8.67. The molecule has 0 aromatic heterocycles. The van der Waals surface area contributed by atoms with Gasteiger partial charge in [0.15, 0.2) is 0 Å². The summed E-state index contributed by atoms with van der Waals surface area (Å²) in [6.07, 6.45) is 6.77. The van der Waals surface area contributed by atoms with Gasteiger partial charge in [-0.3, -0.25) is 0 Å². The van der Waals surface area contributed by atoms with Crippen molar-refractivity contribution in [2.45, 2.75) is 78.2 Å². The van der Waals surface area contributed by atoms with Crippen LogP contribution >= 0.6 is 0 Å². The number of carboxylic acids is 1. The number of rotatable bonds is 4. The topological polar surface area (TPSA) is 76.0 Å². The van der Waals surface area contributed by atoms with Gasteiger partial charge in [0.1, 0.15) is 11.3 Å². The van der Waals surface area contributed by atoms with Crippen molar-refractivity contribution >= 4 is 17.8 Å². The van der Waals surface area contributed by atoms with Crippen molar-refractivity contribution in [3.8, 4) is 0 Å². The number of hydrogen-bond acceptors (Lipinski definition) is 3. The molecule has 130 valence electrons. The maximum atomic E-state index is 12.0. The van der Waals surface area contributed by atoms with Crippen LogP contribution in [-0.4, -0.2) is 28.5 Å². The number of carbonyl (C=O) groups is 2. The van der Waals surface area contributed by atoms with Crippen molar-refractivity contribution < 1.29 is 19.4 Å². The van der Waals surface area contributed by atoms with E-state index in [1.54, 1.807) is 20.8 Å². The predicted octanol–water partition coefficient (Wildman–Crippen LogP) is 4.44. The van der Waals surface area contributed by atoms with Crippen molar-refractivity contribution in [3.05, 3.63) is 0 Å². The second-order valence-corrected chi connectivity index (χ2v) is 8.31. The molecule has 0 aromatic carbocycles. The van der Waals surface area contributed by atoms with Crippen LogP contribution in [0.15, 0.2) is 4.99 Å². The lowest BCUT2D eigenvalue weighted by molar-refractivity contribution is -0.130. The fraction of sp³-hybridized carbons (Fsp3) is 0.833. The number of amides is 1. The number of hydrogen-bond donors (Lipinski definition) is 1. The molecule has 2 aliphatic carbocycles. The Balaban J connectivity index is 2.27. The van der Waals surface area contributed by atoms with Crippen LogP contribution in [0.25, 0.3) is 0 Å². The van der Waals surface area contributed by atoms with Crippen molar-refractivity contribution in [2.24, 2.45) is 22.2 Å². The van der Waals surface area contributed by atoms with Crippen LogP contribution < -0.4 is 0 Å². The highest BCUT2D eigenvalue weighted by atomic mass is 16.6. The van der Waals surface area contributed by atoms with Crippen LogP contribution in [0.3, 0.4) is 0 Å². The molecule has 23 heavy (non-hydrogen) atoms. The lowest BCUT2D eigenvalue weighted by atomic mass is 9.70. The van der Waals surface area contributed by atoms with E-state index < -0.39 is 17.7 Å². The van der Waals surface area contributed by atoms with E-state index in [4.69, 9.17) is 4.74 Å². The molecule has 0 aliphatic heterocycles. The molecule has 5 nitrogen and oxygen atoms in total. The highest BCUT2D eigenvalue weighted by molar-refractivity contribution is 6.38. The third kappa shape index (κ3) is 4.79. The zero-order valence-corrected chi connectivity index (χ0v) is 14.7. The van der Waals surface area contributed by atoms with Gasteiger partial charge in [-0.05, 0) is 57.8 Å². The van der Waals surface area contributed by atoms with Gasteiger partial charge in [0.25, 0.3) is 0 Å². The Labute approximate surface area is 138 Å². The quantitative estimate of drug-likeness (QED) is 0.776.